The third kappa shape index (κ3) is 5.00. The highest BCUT2D eigenvalue weighted by Crippen LogP contribution is 2.30. The number of nitrogens with one attached hydrogen (secondary N) is 1. The summed E-state index contributed by atoms with van der Waals surface area (Å²) in [6, 6.07) is 12.9. The molecule has 0 saturated carbocycles. The molecule has 29 heavy (non-hydrogen) atoms. The van der Waals surface area contributed by atoms with Crippen LogP contribution in [0.1, 0.15) is 50.2 Å². The van der Waals surface area contributed by atoms with Crippen LogP contribution in [0.4, 0.5) is 5.82 Å². The number of rotatable bonds is 6. The van der Waals surface area contributed by atoms with Gasteiger partial charge >= 0.3 is 0 Å². The van der Waals surface area contributed by atoms with Gasteiger partial charge in [-0.1, -0.05) is 51.4 Å². The predicted octanol–water partition coefficient (Wildman–Crippen LogP) is 5.97. The molecule has 0 unspecified atom stereocenters. The fourth-order valence-electron chi connectivity index (χ4n) is 2.70. The van der Waals surface area contributed by atoms with Crippen LogP contribution < -0.4 is 5.32 Å². The summed E-state index contributed by atoms with van der Waals surface area (Å²) in [4.78, 5) is 17.5. The van der Waals surface area contributed by atoms with Gasteiger partial charge in [0.1, 0.15) is 10.8 Å². The second-order valence-electron chi connectivity index (χ2n) is 7.69. The van der Waals surface area contributed by atoms with Gasteiger partial charge in [0, 0.05) is 17.7 Å². The zero-order chi connectivity index (χ0) is 21.0. The van der Waals surface area contributed by atoms with E-state index in [1.54, 1.807) is 34.8 Å². The molecule has 0 aliphatic rings. The van der Waals surface area contributed by atoms with Gasteiger partial charge in [-0.2, -0.15) is 5.10 Å². The number of carbonyl (C=O) groups is 1. The number of benzene rings is 1. The molecule has 0 fully saturated rings. The zero-order valence-corrected chi connectivity index (χ0v) is 18.6. The van der Waals surface area contributed by atoms with Crippen LogP contribution in [0.2, 0.25) is 5.02 Å². The van der Waals surface area contributed by atoms with Crippen molar-refractivity contribution in [3.05, 3.63) is 64.9 Å². The maximum absolute atomic E-state index is 13.1. The summed E-state index contributed by atoms with van der Waals surface area (Å²) in [5.41, 5.74) is 1.95. The quantitative estimate of drug-likeness (QED) is 0.491. The number of hydrogen-bond donors (Lipinski definition) is 1. The van der Waals surface area contributed by atoms with Gasteiger partial charge in [0.2, 0.25) is 0 Å². The lowest BCUT2D eigenvalue weighted by Crippen LogP contribution is -2.16. The van der Waals surface area contributed by atoms with Gasteiger partial charge in [0.05, 0.1) is 22.0 Å². The van der Waals surface area contributed by atoms with Gasteiger partial charge < -0.3 is 5.32 Å². The SMILES string of the molecule is CCCSc1ncccc1C(=O)Nc1cc(C(C)(C)C)nn1-c1ccccc1Cl. The largest absolute Gasteiger partial charge is 0.306 e. The van der Waals surface area contributed by atoms with Gasteiger partial charge in [-0.25, -0.2) is 9.67 Å². The van der Waals surface area contributed by atoms with Crippen LogP contribution in [0, 0.1) is 0 Å². The highest BCUT2D eigenvalue weighted by atomic mass is 35.5. The van der Waals surface area contributed by atoms with Crippen LogP contribution in [0.25, 0.3) is 5.69 Å². The van der Waals surface area contributed by atoms with Crippen molar-refractivity contribution in [1.29, 1.82) is 0 Å². The summed E-state index contributed by atoms with van der Waals surface area (Å²) >= 11 is 7.99. The van der Waals surface area contributed by atoms with Gasteiger partial charge in [-0.05, 0) is 36.4 Å². The van der Waals surface area contributed by atoms with E-state index >= 15 is 0 Å². The third-order valence-corrected chi connectivity index (χ3v) is 5.79. The summed E-state index contributed by atoms with van der Waals surface area (Å²) in [6.07, 6.45) is 2.72. The number of aromatic nitrogens is 3. The fraction of sp³-hybridized carbons (Fsp3) is 0.318. The van der Waals surface area contributed by atoms with Crippen LogP contribution in [0.5, 0.6) is 0 Å². The van der Waals surface area contributed by atoms with E-state index in [-0.39, 0.29) is 11.3 Å². The lowest BCUT2D eigenvalue weighted by Gasteiger charge is -2.14. The summed E-state index contributed by atoms with van der Waals surface area (Å²) in [5, 5.41) is 9.03. The Kier molecular flexibility index (Phi) is 6.65. The fourth-order valence-corrected chi connectivity index (χ4v) is 3.77. The molecule has 0 atom stereocenters. The van der Waals surface area contributed by atoms with Crippen molar-refractivity contribution >= 4 is 35.1 Å². The minimum absolute atomic E-state index is 0.178. The van der Waals surface area contributed by atoms with E-state index in [9.17, 15) is 4.79 Å². The molecule has 0 aliphatic carbocycles. The van der Waals surface area contributed by atoms with E-state index in [0.717, 1.165) is 22.9 Å². The van der Waals surface area contributed by atoms with Gasteiger partial charge in [0.15, 0.2) is 0 Å². The van der Waals surface area contributed by atoms with E-state index in [0.29, 0.717) is 22.1 Å². The molecule has 1 amide bonds. The molecule has 0 radical (unpaired) electrons. The Morgan fingerprint density at radius 1 is 1.21 bits per heavy atom. The summed E-state index contributed by atoms with van der Waals surface area (Å²) in [7, 11) is 0. The first-order valence-corrected chi connectivity index (χ1v) is 10.9. The number of anilines is 1. The third-order valence-electron chi connectivity index (χ3n) is 4.26. The zero-order valence-electron chi connectivity index (χ0n) is 17.1. The number of hydrogen-bond acceptors (Lipinski definition) is 4. The average Bonchev–Trinajstić information content (AvgIpc) is 3.11. The number of nitrogens with zero attached hydrogens (tertiary/aromatic N) is 3. The number of halogens is 1. The smallest absolute Gasteiger partial charge is 0.259 e. The molecule has 5 nitrogen and oxygen atoms in total. The molecule has 7 heteroatoms. The highest BCUT2D eigenvalue weighted by molar-refractivity contribution is 7.99. The van der Waals surface area contributed by atoms with Crippen molar-refractivity contribution in [3.63, 3.8) is 0 Å². The Morgan fingerprint density at radius 2 is 1.97 bits per heavy atom. The first kappa shape index (κ1) is 21.4. The number of thioether (sulfide) groups is 1. The van der Waals surface area contributed by atoms with Crippen LogP contribution in [0.3, 0.4) is 0 Å². The molecule has 0 bridgehead atoms. The summed E-state index contributed by atoms with van der Waals surface area (Å²) in [6.45, 7) is 8.35. The van der Waals surface area contributed by atoms with Crippen molar-refractivity contribution < 1.29 is 4.79 Å². The Morgan fingerprint density at radius 3 is 2.66 bits per heavy atom. The average molecular weight is 429 g/mol. The first-order valence-electron chi connectivity index (χ1n) is 9.56. The molecule has 0 saturated heterocycles. The van der Waals surface area contributed by atoms with E-state index < -0.39 is 0 Å². The Bertz CT molecular complexity index is 1010. The first-order chi connectivity index (χ1) is 13.8. The van der Waals surface area contributed by atoms with Crippen LogP contribution in [-0.4, -0.2) is 26.4 Å². The number of carbonyl (C=O) groups excluding carboxylic acids is 1. The van der Waals surface area contributed by atoms with E-state index in [1.807, 2.05) is 30.3 Å². The number of para-hydroxylation sites is 1. The van der Waals surface area contributed by atoms with Crippen molar-refractivity contribution in [2.45, 2.75) is 44.6 Å². The lowest BCUT2D eigenvalue weighted by molar-refractivity contribution is 0.102. The Hall–Kier alpha value is -2.31. The van der Waals surface area contributed by atoms with Crippen molar-refractivity contribution in [2.24, 2.45) is 0 Å². The maximum atomic E-state index is 13.1. The number of pyridine rings is 1. The molecule has 2 aromatic heterocycles. The maximum Gasteiger partial charge on any atom is 0.259 e. The molecule has 1 aromatic carbocycles. The molecule has 0 aliphatic heterocycles. The van der Waals surface area contributed by atoms with Gasteiger partial charge in [-0.3, -0.25) is 4.79 Å². The van der Waals surface area contributed by atoms with E-state index in [2.05, 4.69) is 38.0 Å². The number of amides is 1. The second kappa shape index (κ2) is 9.01. The topological polar surface area (TPSA) is 59.8 Å². The molecule has 1 N–H and O–H groups in total. The van der Waals surface area contributed by atoms with Crippen LogP contribution in [-0.2, 0) is 5.41 Å². The second-order valence-corrected chi connectivity index (χ2v) is 9.18. The normalized spacial score (nSPS) is 11.5. The van der Waals surface area contributed by atoms with Crippen molar-refractivity contribution in [2.75, 3.05) is 11.1 Å². The van der Waals surface area contributed by atoms with Gasteiger partial charge in [-0.15, -0.1) is 11.8 Å². The summed E-state index contributed by atoms with van der Waals surface area (Å²) < 4.78 is 1.69. The molecule has 0 spiro atoms. The lowest BCUT2D eigenvalue weighted by atomic mass is 9.92. The predicted molar refractivity (Wildman–Crippen MR) is 120 cm³/mol. The Balaban J connectivity index is 2.00. The van der Waals surface area contributed by atoms with Crippen molar-refractivity contribution in [1.82, 2.24) is 14.8 Å². The minimum Gasteiger partial charge on any atom is -0.306 e. The van der Waals surface area contributed by atoms with Crippen LogP contribution >= 0.6 is 23.4 Å². The molecule has 152 valence electrons. The molecular formula is C22H25ClN4OS. The standard InChI is InChI=1S/C22H25ClN4OS/c1-5-13-29-21-15(9-8-12-24-21)20(28)25-19-14-18(22(2,3)4)26-27(19)17-11-7-6-10-16(17)23/h6-12,14H,5,13H2,1-4H3,(H,25,28). The van der Waals surface area contributed by atoms with Crippen LogP contribution in [0.15, 0.2) is 53.7 Å². The highest BCUT2D eigenvalue weighted by Gasteiger charge is 2.23. The van der Waals surface area contributed by atoms with Gasteiger partial charge in [0.25, 0.3) is 5.91 Å². The Labute approximate surface area is 180 Å². The molecule has 2 heterocycles. The van der Waals surface area contributed by atoms with Crippen molar-refractivity contribution in [3.8, 4) is 5.69 Å². The minimum atomic E-state index is -0.217. The van der Waals surface area contributed by atoms with E-state index in [1.165, 1.54) is 0 Å². The monoisotopic (exact) mass is 428 g/mol. The molecule has 3 aromatic rings. The summed E-state index contributed by atoms with van der Waals surface area (Å²) in [5.74, 6) is 1.26. The molecule has 3 rings (SSSR count). The van der Waals surface area contributed by atoms with E-state index in [4.69, 9.17) is 16.7 Å². The molecular weight excluding hydrogens is 404 g/mol.